The number of benzene rings is 1. The molecule has 0 aliphatic carbocycles. The van der Waals surface area contributed by atoms with E-state index >= 15 is 0 Å². The first-order valence-corrected chi connectivity index (χ1v) is 4.84. The van der Waals surface area contributed by atoms with Crippen molar-refractivity contribution < 1.29 is 9.23 Å². The molecule has 0 spiro atoms. The zero-order valence-electron chi connectivity index (χ0n) is 8.53. The first-order chi connectivity index (χ1) is 7.13. The van der Waals surface area contributed by atoms with Crippen molar-refractivity contribution in [2.24, 2.45) is 10.9 Å². The smallest absolute Gasteiger partial charge is 0.152 e. The van der Waals surface area contributed by atoms with Crippen LogP contribution in [0.15, 0.2) is 29.4 Å². The molecule has 1 aliphatic heterocycles. The molecule has 4 heteroatoms. The summed E-state index contributed by atoms with van der Waals surface area (Å²) in [6, 6.07) is 6.32. The molecule has 0 bridgehead atoms. The second-order valence-corrected chi connectivity index (χ2v) is 3.97. The first-order valence-electron chi connectivity index (χ1n) is 4.84. The summed E-state index contributed by atoms with van der Waals surface area (Å²) < 4.78 is 13.0. The molecule has 0 radical (unpaired) electrons. The fourth-order valence-electron chi connectivity index (χ4n) is 1.52. The largest absolute Gasteiger partial charge is 0.387 e. The molecule has 1 aliphatic rings. The van der Waals surface area contributed by atoms with Gasteiger partial charge >= 0.3 is 0 Å². The number of hydrogen-bond donors (Lipinski definition) is 1. The second kappa shape index (κ2) is 3.62. The average molecular weight is 208 g/mol. The Labute approximate surface area is 87.7 Å². The van der Waals surface area contributed by atoms with Gasteiger partial charge in [-0.05, 0) is 19.1 Å². The lowest BCUT2D eigenvalue weighted by Gasteiger charge is -2.17. The van der Waals surface area contributed by atoms with Gasteiger partial charge in [-0.1, -0.05) is 17.3 Å². The summed E-state index contributed by atoms with van der Waals surface area (Å²) in [6.45, 7) is 2.29. The minimum Gasteiger partial charge on any atom is -0.387 e. The van der Waals surface area contributed by atoms with Gasteiger partial charge in [-0.15, -0.1) is 0 Å². The van der Waals surface area contributed by atoms with E-state index in [2.05, 4.69) is 5.16 Å². The molecular weight excluding hydrogens is 195 g/mol. The number of nitrogens with zero attached hydrogens (tertiary/aromatic N) is 1. The van der Waals surface area contributed by atoms with E-state index < -0.39 is 5.60 Å². The van der Waals surface area contributed by atoms with Gasteiger partial charge in [0.25, 0.3) is 0 Å². The lowest BCUT2D eigenvalue weighted by Crippen LogP contribution is -2.34. The van der Waals surface area contributed by atoms with Crippen LogP contribution in [0.2, 0.25) is 0 Å². The third-order valence-electron chi connectivity index (χ3n) is 2.51. The summed E-state index contributed by atoms with van der Waals surface area (Å²) >= 11 is 0. The number of halogens is 1. The van der Waals surface area contributed by atoms with Gasteiger partial charge in [0.2, 0.25) is 0 Å². The molecule has 15 heavy (non-hydrogen) atoms. The third kappa shape index (κ3) is 1.99. The summed E-state index contributed by atoms with van der Waals surface area (Å²) in [4.78, 5) is 5.24. The summed E-state index contributed by atoms with van der Waals surface area (Å²) in [5.41, 5.74) is 6.63. The molecule has 0 fully saturated rings. The Kier molecular flexibility index (Phi) is 2.44. The summed E-state index contributed by atoms with van der Waals surface area (Å²) in [6.07, 6.45) is 0.618. The van der Waals surface area contributed by atoms with Crippen LogP contribution in [0.4, 0.5) is 4.39 Å². The van der Waals surface area contributed by atoms with Gasteiger partial charge in [0.05, 0.1) is 5.71 Å². The standard InChI is InChI=1S/C11H13FN2O/c1-11(7-13)6-10(14-15-11)8-3-2-4-9(12)5-8/h2-5H,6-7,13H2,1H3. The molecule has 1 aromatic rings. The van der Waals surface area contributed by atoms with E-state index in [0.717, 1.165) is 11.3 Å². The van der Waals surface area contributed by atoms with Crippen molar-refractivity contribution in [1.29, 1.82) is 0 Å². The van der Waals surface area contributed by atoms with Crippen molar-refractivity contribution in [3.8, 4) is 0 Å². The quantitative estimate of drug-likeness (QED) is 0.803. The number of rotatable bonds is 2. The minimum atomic E-state index is -0.443. The van der Waals surface area contributed by atoms with Crippen LogP contribution < -0.4 is 5.73 Å². The maximum absolute atomic E-state index is 13.0. The zero-order chi connectivity index (χ0) is 10.9. The van der Waals surface area contributed by atoms with Crippen molar-refractivity contribution in [3.05, 3.63) is 35.6 Å². The van der Waals surface area contributed by atoms with Gasteiger partial charge in [-0.25, -0.2) is 4.39 Å². The third-order valence-corrected chi connectivity index (χ3v) is 2.51. The molecule has 3 nitrogen and oxygen atoms in total. The van der Waals surface area contributed by atoms with Crippen molar-refractivity contribution in [1.82, 2.24) is 0 Å². The molecule has 0 saturated carbocycles. The van der Waals surface area contributed by atoms with Crippen LogP contribution >= 0.6 is 0 Å². The average Bonchev–Trinajstić information content (AvgIpc) is 2.62. The van der Waals surface area contributed by atoms with Crippen LogP contribution in [0, 0.1) is 5.82 Å². The number of hydrogen-bond acceptors (Lipinski definition) is 3. The van der Waals surface area contributed by atoms with E-state index in [4.69, 9.17) is 10.6 Å². The Morgan fingerprint density at radius 1 is 1.60 bits per heavy atom. The van der Waals surface area contributed by atoms with E-state index in [1.807, 2.05) is 13.0 Å². The topological polar surface area (TPSA) is 47.6 Å². The minimum absolute atomic E-state index is 0.267. The van der Waals surface area contributed by atoms with Crippen molar-refractivity contribution in [3.63, 3.8) is 0 Å². The number of nitrogens with two attached hydrogens (primary N) is 1. The van der Waals surface area contributed by atoms with Crippen LogP contribution in [-0.2, 0) is 4.84 Å². The van der Waals surface area contributed by atoms with E-state index in [1.165, 1.54) is 12.1 Å². The van der Waals surface area contributed by atoms with Crippen LogP contribution in [0.1, 0.15) is 18.9 Å². The normalized spacial score (nSPS) is 24.9. The Morgan fingerprint density at radius 3 is 3.00 bits per heavy atom. The lowest BCUT2D eigenvalue weighted by atomic mass is 9.96. The van der Waals surface area contributed by atoms with Gasteiger partial charge in [0.1, 0.15) is 5.82 Å². The molecule has 0 amide bonds. The summed E-state index contributed by atoms with van der Waals surface area (Å²) in [5, 5.41) is 3.94. The molecule has 0 saturated heterocycles. The van der Waals surface area contributed by atoms with Crippen molar-refractivity contribution in [2.75, 3.05) is 6.54 Å². The Bertz CT molecular complexity index is 405. The van der Waals surface area contributed by atoms with E-state index in [-0.39, 0.29) is 5.82 Å². The maximum Gasteiger partial charge on any atom is 0.152 e. The van der Waals surface area contributed by atoms with Crippen LogP contribution in [0.3, 0.4) is 0 Å². The van der Waals surface area contributed by atoms with Crippen molar-refractivity contribution in [2.45, 2.75) is 18.9 Å². The monoisotopic (exact) mass is 208 g/mol. The van der Waals surface area contributed by atoms with Crippen LogP contribution in [-0.4, -0.2) is 17.9 Å². The summed E-state index contributed by atoms with van der Waals surface area (Å²) in [7, 11) is 0. The highest BCUT2D eigenvalue weighted by molar-refractivity contribution is 6.01. The fourth-order valence-corrected chi connectivity index (χ4v) is 1.52. The van der Waals surface area contributed by atoms with Gasteiger partial charge < -0.3 is 10.6 Å². The number of oxime groups is 1. The molecule has 1 atom stereocenters. The molecule has 80 valence electrons. The molecule has 2 N–H and O–H groups in total. The van der Waals surface area contributed by atoms with E-state index in [9.17, 15) is 4.39 Å². The lowest BCUT2D eigenvalue weighted by molar-refractivity contribution is 0.00422. The Hall–Kier alpha value is -1.42. The highest BCUT2D eigenvalue weighted by Gasteiger charge is 2.33. The highest BCUT2D eigenvalue weighted by Crippen LogP contribution is 2.25. The SMILES string of the molecule is CC1(CN)CC(c2cccc(F)c2)=NO1. The van der Waals surface area contributed by atoms with Crippen LogP contribution in [0.5, 0.6) is 0 Å². The fraction of sp³-hybridized carbons (Fsp3) is 0.364. The van der Waals surface area contributed by atoms with Crippen molar-refractivity contribution >= 4 is 5.71 Å². The molecule has 1 unspecified atom stereocenters. The molecule has 1 heterocycles. The first kappa shape index (κ1) is 10.1. The zero-order valence-corrected chi connectivity index (χ0v) is 8.53. The van der Waals surface area contributed by atoms with Gasteiger partial charge in [0.15, 0.2) is 5.60 Å². The van der Waals surface area contributed by atoms with E-state index in [0.29, 0.717) is 13.0 Å². The van der Waals surface area contributed by atoms with E-state index in [1.54, 1.807) is 6.07 Å². The van der Waals surface area contributed by atoms with Gasteiger partial charge in [0, 0.05) is 18.5 Å². The predicted molar refractivity (Wildman–Crippen MR) is 56.1 cm³/mol. The predicted octanol–water partition coefficient (Wildman–Crippen LogP) is 1.67. The Balaban J connectivity index is 2.21. The van der Waals surface area contributed by atoms with Gasteiger partial charge in [-0.2, -0.15) is 0 Å². The highest BCUT2D eigenvalue weighted by atomic mass is 19.1. The van der Waals surface area contributed by atoms with Crippen LogP contribution in [0.25, 0.3) is 0 Å². The second-order valence-electron chi connectivity index (χ2n) is 3.97. The molecule has 2 rings (SSSR count). The molecule has 1 aromatic carbocycles. The van der Waals surface area contributed by atoms with Gasteiger partial charge in [-0.3, -0.25) is 0 Å². The Morgan fingerprint density at radius 2 is 2.40 bits per heavy atom. The molecule has 0 aromatic heterocycles. The maximum atomic E-state index is 13.0. The molecular formula is C11H13FN2O. The summed E-state index contributed by atoms with van der Waals surface area (Å²) in [5.74, 6) is -0.267.